The van der Waals surface area contributed by atoms with Gasteiger partial charge in [-0.05, 0) is 20.9 Å². The number of hydrogen-bond acceptors (Lipinski definition) is 5. The molecule has 0 atom stereocenters. The van der Waals surface area contributed by atoms with Gasteiger partial charge in [0.05, 0.1) is 11.4 Å². The summed E-state index contributed by atoms with van der Waals surface area (Å²) in [6, 6.07) is 0. The lowest BCUT2D eigenvalue weighted by atomic mass is 10.4. The van der Waals surface area contributed by atoms with Gasteiger partial charge >= 0.3 is 0 Å². The van der Waals surface area contributed by atoms with Crippen molar-refractivity contribution in [1.29, 1.82) is 0 Å². The summed E-state index contributed by atoms with van der Waals surface area (Å²) in [5, 5.41) is 13.1. The Balaban J connectivity index is 2.57. The summed E-state index contributed by atoms with van der Waals surface area (Å²) in [6.07, 6.45) is 0.396. The molecule has 0 aromatic carbocycles. The molecule has 0 saturated heterocycles. The molecule has 1 rings (SSSR count). The number of nitrogens with one attached hydrogen (secondary N) is 2. The predicted octanol–water partition coefficient (Wildman–Crippen LogP) is 0.0364. The Labute approximate surface area is 88.5 Å². The van der Waals surface area contributed by atoms with E-state index in [0.717, 1.165) is 11.4 Å². The van der Waals surface area contributed by atoms with Gasteiger partial charge < -0.3 is 5.32 Å². The zero-order chi connectivity index (χ0) is 11.3. The molecule has 1 aromatic rings. The van der Waals surface area contributed by atoms with E-state index in [1.165, 1.54) is 0 Å². The predicted molar refractivity (Wildman–Crippen MR) is 56.5 cm³/mol. The van der Waals surface area contributed by atoms with E-state index in [9.17, 15) is 4.79 Å². The Hall–Kier alpha value is -1.56. The second-order valence-electron chi connectivity index (χ2n) is 3.21. The van der Waals surface area contributed by atoms with Crippen LogP contribution in [0.15, 0.2) is 0 Å². The second kappa shape index (κ2) is 5.35. The molecule has 0 aliphatic rings. The van der Waals surface area contributed by atoms with Crippen molar-refractivity contribution >= 4 is 11.9 Å². The number of aromatic nitrogens is 3. The first-order chi connectivity index (χ1) is 7.13. The molecule has 0 unspecified atom stereocenters. The monoisotopic (exact) mass is 209 g/mol. The maximum atomic E-state index is 11.3. The van der Waals surface area contributed by atoms with E-state index in [0.29, 0.717) is 13.0 Å². The van der Waals surface area contributed by atoms with Crippen LogP contribution in [-0.4, -0.2) is 34.7 Å². The van der Waals surface area contributed by atoms with Crippen molar-refractivity contribution in [2.75, 3.05) is 18.9 Å². The number of anilines is 1. The summed E-state index contributed by atoms with van der Waals surface area (Å²) in [5.74, 6) is 0.147. The molecule has 6 heteroatoms. The highest BCUT2D eigenvalue weighted by Crippen LogP contribution is 2.01. The first-order valence-electron chi connectivity index (χ1n) is 4.76. The molecule has 0 fully saturated rings. The smallest absolute Gasteiger partial charge is 0.249 e. The van der Waals surface area contributed by atoms with Crippen LogP contribution >= 0.6 is 0 Å². The Morgan fingerprint density at radius 1 is 1.27 bits per heavy atom. The van der Waals surface area contributed by atoms with Crippen molar-refractivity contribution < 1.29 is 4.79 Å². The first-order valence-corrected chi connectivity index (χ1v) is 4.76. The summed E-state index contributed by atoms with van der Waals surface area (Å²) in [4.78, 5) is 15.4. The van der Waals surface area contributed by atoms with Crippen molar-refractivity contribution in [2.45, 2.75) is 20.3 Å². The molecule has 0 radical (unpaired) electrons. The quantitative estimate of drug-likeness (QED) is 0.731. The standard InChI is InChI=1S/C9H15N5O/c1-6-7(2)13-14-9(11-6)12-8(15)4-5-10-3/h10H,4-5H2,1-3H3,(H,11,12,14,15). The van der Waals surface area contributed by atoms with Gasteiger partial charge in [-0.25, -0.2) is 4.98 Å². The fourth-order valence-corrected chi connectivity index (χ4v) is 0.936. The number of aryl methyl sites for hydroxylation is 2. The highest BCUT2D eigenvalue weighted by Gasteiger charge is 2.05. The molecule has 6 nitrogen and oxygen atoms in total. The lowest BCUT2D eigenvalue weighted by Gasteiger charge is -2.04. The van der Waals surface area contributed by atoms with Crippen LogP contribution in [0, 0.1) is 13.8 Å². The van der Waals surface area contributed by atoms with Gasteiger partial charge in [0.15, 0.2) is 0 Å². The number of amides is 1. The number of carbonyl (C=O) groups excluding carboxylic acids is 1. The van der Waals surface area contributed by atoms with Gasteiger partial charge in [-0.3, -0.25) is 10.1 Å². The molecule has 1 amide bonds. The molecule has 0 spiro atoms. The minimum atomic E-state index is -0.116. The fraction of sp³-hybridized carbons (Fsp3) is 0.556. The maximum Gasteiger partial charge on any atom is 0.249 e. The Morgan fingerprint density at radius 2 is 2.00 bits per heavy atom. The zero-order valence-electron chi connectivity index (χ0n) is 9.16. The summed E-state index contributed by atoms with van der Waals surface area (Å²) in [6.45, 7) is 4.28. The molecule has 1 aromatic heterocycles. The van der Waals surface area contributed by atoms with Crippen molar-refractivity contribution in [3.05, 3.63) is 11.4 Å². The lowest BCUT2D eigenvalue weighted by Crippen LogP contribution is -2.20. The SMILES string of the molecule is CNCCC(=O)Nc1nnc(C)c(C)n1. The first kappa shape index (κ1) is 11.5. The van der Waals surface area contributed by atoms with Gasteiger partial charge in [0.2, 0.25) is 11.9 Å². The molecule has 2 N–H and O–H groups in total. The zero-order valence-corrected chi connectivity index (χ0v) is 9.16. The molecular formula is C9H15N5O. The molecule has 0 aliphatic carbocycles. The third-order valence-electron chi connectivity index (χ3n) is 1.95. The molecule has 82 valence electrons. The van der Waals surface area contributed by atoms with Crippen LogP contribution in [-0.2, 0) is 4.79 Å². The molecule has 0 bridgehead atoms. The van der Waals surface area contributed by atoms with Crippen molar-refractivity contribution in [3.8, 4) is 0 Å². The van der Waals surface area contributed by atoms with Crippen LogP contribution < -0.4 is 10.6 Å². The number of carbonyl (C=O) groups is 1. The van der Waals surface area contributed by atoms with Crippen LogP contribution in [0.1, 0.15) is 17.8 Å². The van der Waals surface area contributed by atoms with E-state index in [2.05, 4.69) is 25.8 Å². The Bertz CT molecular complexity index is 352. The highest BCUT2D eigenvalue weighted by molar-refractivity contribution is 5.88. The van der Waals surface area contributed by atoms with Gasteiger partial charge in [0, 0.05) is 13.0 Å². The molecule has 0 saturated carbocycles. The molecule has 0 aliphatic heterocycles. The van der Waals surface area contributed by atoms with E-state index in [1.54, 1.807) is 7.05 Å². The van der Waals surface area contributed by atoms with E-state index >= 15 is 0 Å². The summed E-state index contributed by atoms with van der Waals surface area (Å²) >= 11 is 0. The number of rotatable bonds is 4. The van der Waals surface area contributed by atoms with Crippen molar-refractivity contribution in [3.63, 3.8) is 0 Å². The van der Waals surface area contributed by atoms with Crippen LogP contribution in [0.3, 0.4) is 0 Å². The van der Waals surface area contributed by atoms with E-state index in [4.69, 9.17) is 0 Å². The summed E-state index contributed by atoms with van der Waals surface area (Å²) in [7, 11) is 1.79. The van der Waals surface area contributed by atoms with E-state index in [1.807, 2.05) is 13.8 Å². The molecule has 15 heavy (non-hydrogen) atoms. The van der Waals surface area contributed by atoms with Crippen LogP contribution in [0.5, 0.6) is 0 Å². The number of nitrogens with zero attached hydrogens (tertiary/aromatic N) is 3. The largest absolute Gasteiger partial charge is 0.319 e. The minimum absolute atomic E-state index is 0.116. The maximum absolute atomic E-state index is 11.3. The average Bonchev–Trinajstić information content (AvgIpc) is 2.20. The van der Waals surface area contributed by atoms with Gasteiger partial charge in [-0.15, -0.1) is 5.10 Å². The van der Waals surface area contributed by atoms with Crippen LogP contribution in [0.2, 0.25) is 0 Å². The molecular weight excluding hydrogens is 194 g/mol. The van der Waals surface area contributed by atoms with Crippen LogP contribution in [0.25, 0.3) is 0 Å². The van der Waals surface area contributed by atoms with Gasteiger partial charge in [-0.1, -0.05) is 0 Å². The van der Waals surface area contributed by atoms with Gasteiger partial charge in [0.1, 0.15) is 0 Å². The minimum Gasteiger partial charge on any atom is -0.319 e. The normalized spacial score (nSPS) is 10.1. The number of hydrogen-bond donors (Lipinski definition) is 2. The van der Waals surface area contributed by atoms with Crippen molar-refractivity contribution in [1.82, 2.24) is 20.5 Å². The summed E-state index contributed by atoms with van der Waals surface area (Å²) < 4.78 is 0. The average molecular weight is 209 g/mol. The Morgan fingerprint density at radius 3 is 2.60 bits per heavy atom. The third kappa shape index (κ3) is 3.59. The van der Waals surface area contributed by atoms with Gasteiger partial charge in [-0.2, -0.15) is 5.10 Å². The van der Waals surface area contributed by atoms with Crippen LogP contribution in [0.4, 0.5) is 5.95 Å². The highest BCUT2D eigenvalue weighted by atomic mass is 16.1. The Kier molecular flexibility index (Phi) is 4.11. The van der Waals surface area contributed by atoms with Crippen molar-refractivity contribution in [2.24, 2.45) is 0 Å². The topological polar surface area (TPSA) is 79.8 Å². The fourth-order valence-electron chi connectivity index (χ4n) is 0.936. The van der Waals surface area contributed by atoms with Gasteiger partial charge in [0.25, 0.3) is 0 Å². The molecule has 1 heterocycles. The van der Waals surface area contributed by atoms with E-state index < -0.39 is 0 Å². The lowest BCUT2D eigenvalue weighted by molar-refractivity contribution is -0.116. The second-order valence-corrected chi connectivity index (χ2v) is 3.21. The van der Waals surface area contributed by atoms with E-state index in [-0.39, 0.29) is 11.9 Å². The third-order valence-corrected chi connectivity index (χ3v) is 1.95. The summed E-state index contributed by atoms with van der Waals surface area (Å²) in [5.41, 5.74) is 1.54.